The van der Waals surface area contributed by atoms with Crippen molar-refractivity contribution >= 4 is 14.9 Å². The van der Waals surface area contributed by atoms with Crippen molar-refractivity contribution in [3.8, 4) is 0 Å². The van der Waals surface area contributed by atoms with Crippen LogP contribution in [0.2, 0.25) is 0 Å². The van der Waals surface area contributed by atoms with E-state index in [4.69, 9.17) is 14.5 Å². The fourth-order valence-corrected chi connectivity index (χ4v) is 0.731. The van der Waals surface area contributed by atoms with E-state index in [1.54, 1.807) is 12.3 Å². The molecule has 0 amide bonds. The van der Waals surface area contributed by atoms with Crippen LogP contribution in [0.1, 0.15) is 6.42 Å². The molecule has 0 aromatic heterocycles. The van der Waals surface area contributed by atoms with Crippen LogP contribution in [-0.4, -0.2) is 5.90 Å². The minimum atomic E-state index is -0.0363. The first-order valence-electron chi connectivity index (χ1n) is 2.19. The van der Waals surface area contributed by atoms with Gasteiger partial charge in [0.2, 0.25) is 0 Å². The maximum absolute atomic E-state index is 6.98. The molecule has 1 N–H and O–H groups in total. The number of hydrogen-bond acceptors (Lipinski definition) is 3. The SMILES string of the molecule is N=C1CC=COPO1. The Hall–Kier alpha value is -0.560. The van der Waals surface area contributed by atoms with Gasteiger partial charge in [0.15, 0.2) is 5.90 Å². The summed E-state index contributed by atoms with van der Waals surface area (Å²) in [5, 5.41) is 6.98. The number of hydrogen-bond donors (Lipinski definition) is 1. The van der Waals surface area contributed by atoms with Gasteiger partial charge in [-0.05, 0) is 6.08 Å². The van der Waals surface area contributed by atoms with E-state index in [0.717, 1.165) is 0 Å². The van der Waals surface area contributed by atoms with Crippen LogP contribution in [0.15, 0.2) is 12.3 Å². The highest BCUT2D eigenvalue weighted by Gasteiger charge is 1.97. The second-order valence-corrected chi connectivity index (χ2v) is 1.91. The van der Waals surface area contributed by atoms with Gasteiger partial charge in [0.25, 0.3) is 9.03 Å². The standard InChI is InChI=1S/C4H6NO2P/c5-4-2-1-3-6-8-7-4/h1,3,5,8H,2H2. The van der Waals surface area contributed by atoms with Crippen molar-refractivity contribution in [3.05, 3.63) is 12.3 Å². The minimum Gasteiger partial charge on any atom is -0.449 e. The van der Waals surface area contributed by atoms with E-state index >= 15 is 0 Å². The highest BCUT2D eigenvalue weighted by molar-refractivity contribution is 7.27. The van der Waals surface area contributed by atoms with Gasteiger partial charge in [0, 0.05) is 6.42 Å². The maximum Gasteiger partial charge on any atom is 0.275 e. The smallest absolute Gasteiger partial charge is 0.275 e. The normalized spacial score (nSPS) is 21.8. The molecule has 3 nitrogen and oxygen atoms in total. The fourth-order valence-electron chi connectivity index (χ4n) is 0.347. The van der Waals surface area contributed by atoms with Crippen LogP contribution >= 0.6 is 9.03 Å². The van der Waals surface area contributed by atoms with Crippen molar-refractivity contribution in [2.75, 3.05) is 0 Å². The minimum absolute atomic E-state index is 0.0363. The lowest BCUT2D eigenvalue weighted by molar-refractivity contribution is 0.469. The molecule has 1 aliphatic heterocycles. The summed E-state index contributed by atoms with van der Waals surface area (Å²) in [4.78, 5) is 0. The van der Waals surface area contributed by atoms with Crippen LogP contribution < -0.4 is 0 Å². The highest BCUT2D eigenvalue weighted by Crippen LogP contribution is 2.18. The quantitative estimate of drug-likeness (QED) is 0.505. The van der Waals surface area contributed by atoms with Gasteiger partial charge >= 0.3 is 0 Å². The molecule has 1 atom stereocenters. The van der Waals surface area contributed by atoms with Crippen LogP contribution in [-0.2, 0) is 9.05 Å². The zero-order valence-corrected chi connectivity index (χ0v) is 5.18. The highest BCUT2D eigenvalue weighted by atomic mass is 31.1. The molecule has 0 fully saturated rings. The van der Waals surface area contributed by atoms with Crippen molar-refractivity contribution in [1.29, 1.82) is 5.41 Å². The summed E-state index contributed by atoms with van der Waals surface area (Å²) in [5.74, 6) is 0.275. The third-order valence-electron chi connectivity index (χ3n) is 0.680. The molecule has 0 spiro atoms. The number of nitrogens with one attached hydrogen (secondary N) is 1. The van der Waals surface area contributed by atoms with Crippen LogP contribution in [0.3, 0.4) is 0 Å². The summed E-state index contributed by atoms with van der Waals surface area (Å²) in [6, 6.07) is 0. The first-order valence-corrected chi connectivity index (χ1v) is 3.01. The van der Waals surface area contributed by atoms with Crippen LogP contribution in [0, 0.1) is 5.41 Å². The molecule has 44 valence electrons. The molecular weight excluding hydrogens is 125 g/mol. The van der Waals surface area contributed by atoms with Crippen molar-refractivity contribution in [2.45, 2.75) is 6.42 Å². The molecule has 0 aliphatic carbocycles. The molecule has 0 saturated carbocycles. The molecule has 1 rings (SSSR count). The predicted octanol–water partition coefficient (Wildman–Crippen LogP) is 1.42. The Balaban J connectivity index is 2.41. The fraction of sp³-hybridized carbons (Fsp3) is 0.250. The van der Waals surface area contributed by atoms with E-state index in [9.17, 15) is 0 Å². The predicted molar refractivity (Wildman–Crippen MR) is 32.0 cm³/mol. The monoisotopic (exact) mass is 131 g/mol. The Morgan fingerprint density at radius 2 is 2.62 bits per heavy atom. The molecule has 8 heavy (non-hydrogen) atoms. The van der Waals surface area contributed by atoms with Gasteiger partial charge in [-0.1, -0.05) is 0 Å². The third kappa shape index (κ3) is 1.51. The second-order valence-electron chi connectivity index (χ2n) is 1.30. The molecule has 1 heterocycles. The van der Waals surface area contributed by atoms with E-state index in [-0.39, 0.29) is 14.9 Å². The molecular formula is C4H6NO2P. The van der Waals surface area contributed by atoms with E-state index < -0.39 is 0 Å². The van der Waals surface area contributed by atoms with Gasteiger partial charge in [-0.15, -0.1) is 0 Å². The topological polar surface area (TPSA) is 42.3 Å². The van der Waals surface area contributed by atoms with Gasteiger partial charge in [0.05, 0.1) is 6.26 Å². The van der Waals surface area contributed by atoms with Crippen LogP contribution in [0.5, 0.6) is 0 Å². The molecule has 0 aromatic rings. The van der Waals surface area contributed by atoms with E-state index in [0.29, 0.717) is 6.42 Å². The van der Waals surface area contributed by atoms with Crippen molar-refractivity contribution in [1.82, 2.24) is 0 Å². The lowest BCUT2D eigenvalue weighted by Crippen LogP contribution is -1.90. The molecule has 1 aliphatic rings. The zero-order valence-electron chi connectivity index (χ0n) is 4.18. The number of rotatable bonds is 0. The van der Waals surface area contributed by atoms with E-state index in [2.05, 4.69) is 0 Å². The lowest BCUT2D eigenvalue weighted by atomic mass is 10.4. The van der Waals surface area contributed by atoms with Gasteiger partial charge in [-0.3, -0.25) is 5.41 Å². The molecule has 4 heteroatoms. The zero-order chi connectivity index (χ0) is 5.82. The van der Waals surface area contributed by atoms with Gasteiger partial charge < -0.3 is 9.05 Å². The Bertz CT molecular complexity index is 123. The summed E-state index contributed by atoms with van der Waals surface area (Å²) >= 11 is 0. The first-order chi connectivity index (χ1) is 3.89. The van der Waals surface area contributed by atoms with Gasteiger partial charge in [0.1, 0.15) is 0 Å². The summed E-state index contributed by atoms with van der Waals surface area (Å²) in [6.45, 7) is 0. The Labute approximate surface area is 49.1 Å². The molecule has 0 radical (unpaired) electrons. The molecule has 0 aromatic carbocycles. The maximum atomic E-state index is 6.98. The van der Waals surface area contributed by atoms with E-state index in [1.165, 1.54) is 0 Å². The molecule has 0 saturated heterocycles. The Morgan fingerprint density at radius 1 is 1.75 bits per heavy atom. The molecule has 0 bridgehead atoms. The first kappa shape index (κ1) is 5.57. The van der Waals surface area contributed by atoms with Gasteiger partial charge in [-0.25, -0.2) is 0 Å². The Morgan fingerprint density at radius 3 is 3.50 bits per heavy atom. The average Bonchev–Trinajstić information content (AvgIpc) is 1.94. The summed E-state index contributed by atoms with van der Waals surface area (Å²) in [5.41, 5.74) is 0. The van der Waals surface area contributed by atoms with E-state index in [1.807, 2.05) is 0 Å². The summed E-state index contributed by atoms with van der Waals surface area (Å²) in [6.07, 6.45) is 3.86. The van der Waals surface area contributed by atoms with Crippen molar-refractivity contribution in [3.63, 3.8) is 0 Å². The van der Waals surface area contributed by atoms with Crippen molar-refractivity contribution < 1.29 is 9.05 Å². The van der Waals surface area contributed by atoms with Crippen LogP contribution in [0.4, 0.5) is 0 Å². The van der Waals surface area contributed by atoms with Crippen LogP contribution in [0.25, 0.3) is 0 Å². The Kier molecular flexibility index (Phi) is 1.86. The molecule has 1 unspecified atom stereocenters. The van der Waals surface area contributed by atoms with Crippen molar-refractivity contribution in [2.24, 2.45) is 0 Å². The largest absolute Gasteiger partial charge is 0.449 e. The summed E-state index contributed by atoms with van der Waals surface area (Å²) in [7, 11) is -0.0363. The summed E-state index contributed by atoms with van der Waals surface area (Å²) < 4.78 is 9.48. The average molecular weight is 131 g/mol. The second kappa shape index (κ2) is 2.68. The van der Waals surface area contributed by atoms with Gasteiger partial charge in [-0.2, -0.15) is 0 Å². The third-order valence-corrected chi connectivity index (χ3v) is 1.24. The lowest BCUT2D eigenvalue weighted by Gasteiger charge is -1.96.